The minimum Gasteiger partial charge on any atom is -0.331 e. The molecule has 3 atom stereocenters. The summed E-state index contributed by atoms with van der Waals surface area (Å²) < 4.78 is 101. The van der Waals surface area contributed by atoms with Crippen molar-refractivity contribution in [1.29, 1.82) is 0 Å². The lowest BCUT2D eigenvalue weighted by atomic mass is 9.87. The molecule has 1 aliphatic heterocycles. The highest BCUT2D eigenvalue weighted by Crippen LogP contribution is 2.42. The van der Waals surface area contributed by atoms with Crippen molar-refractivity contribution in [3.8, 4) is 0 Å². The number of hydrogen-bond donors (Lipinski definition) is 1. The normalized spacial score (nSPS) is 21.8. The monoisotopic (exact) mass is 472 g/mol. The molecule has 1 fully saturated rings. The van der Waals surface area contributed by atoms with E-state index in [0.717, 1.165) is 11.2 Å². The lowest BCUT2D eigenvalue weighted by Crippen LogP contribution is -2.51. The highest BCUT2D eigenvalue weighted by Gasteiger charge is 2.46. The molecule has 0 spiro atoms. The van der Waals surface area contributed by atoms with E-state index in [1.165, 1.54) is 0 Å². The van der Waals surface area contributed by atoms with Crippen LogP contribution in [0.5, 0.6) is 0 Å². The fraction of sp³-hybridized carbons (Fsp3) is 0.526. The number of benzene rings is 1. The van der Waals surface area contributed by atoms with E-state index in [9.17, 15) is 39.6 Å². The van der Waals surface area contributed by atoms with Gasteiger partial charge in [-0.1, -0.05) is 36.4 Å². The lowest BCUT2D eigenvalue weighted by molar-refractivity contribution is -0.188. The van der Waals surface area contributed by atoms with Gasteiger partial charge in [-0.2, -0.15) is 26.3 Å². The molecule has 174 valence electrons. The van der Waals surface area contributed by atoms with Gasteiger partial charge in [-0.3, -0.25) is 0 Å². The summed E-state index contributed by atoms with van der Waals surface area (Å²) >= 11 is 0. The minimum absolute atomic E-state index is 0.315. The molecule has 1 heterocycles. The number of carbonyl (C=O) groups is 1. The van der Waals surface area contributed by atoms with Gasteiger partial charge in [-0.15, -0.1) is 0 Å². The van der Waals surface area contributed by atoms with Crippen molar-refractivity contribution in [3.63, 3.8) is 0 Å². The predicted molar refractivity (Wildman–Crippen MR) is 102 cm³/mol. The second-order valence-corrected chi connectivity index (χ2v) is 9.35. The van der Waals surface area contributed by atoms with Crippen molar-refractivity contribution in [2.75, 3.05) is 12.8 Å². The smallest absolute Gasteiger partial charge is 0.331 e. The Balaban J connectivity index is 2.27. The van der Waals surface area contributed by atoms with Gasteiger partial charge in [0.05, 0.1) is 24.4 Å². The maximum absolute atomic E-state index is 13.3. The number of likely N-dealkylation sites (tertiary alicyclic amines) is 1. The van der Waals surface area contributed by atoms with Gasteiger partial charge in [0.1, 0.15) is 0 Å². The predicted octanol–water partition coefficient (Wildman–Crippen LogP) is 4.59. The Morgan fingerprint density at radius 3 is 2.32 bits per heavy atom. The first-order valence-corrected chi connectivity index (χ1v) is 11.2. The topological polar surface area (TPSA) is 66.5 Å². The number of hydrogen-bond acceptors (Lipinski definition) is 3. The average Bonchev–Trinajstić information content (AvgIpc) is 2.64. The van der Waals surface area contributed by atoms with Crippen molar-refractivity contribution in [2.45, 2.75) is 43.7 Å². The van der Waals surface area contributed by atoms with Crippen LogP contribution in [-0.2, 0) is 9.84 Å². The van der Waals surface area contributed by atoms with Crippen LogP contribution >= 0.6 is 0 Å². The third-order valence-electron chi connectivity index (χ3n) is 4.83. The van der Waals surface area contributed by atoms with E-state index in [1.807, 2.05) is 0 Å². The molecule has 0 aliphatic carbocycles. The van der Waals surface area contributed by atoms with E-state index in [4.69, 9.17) is 0 Å². The number of nitrogens with one attached hydrogen (secondary N) is 1. The van der Waals surface area contributed by atoms with E-state index in [-0.39, 0.29) is 13.0 Å². The van der Waals surface area contributed by atoms with Gasteiger partial charge in [0.15, 0.2) is 9.84 Å². The Kier molecular flexibility index (Phi) is 7.66. The van der Waals surface area contributed by atoms with Crippen LogP contribution < -0.4 is 5.32 Å². The first kappa shape index (κ1) is 25.0. The van der Waals surface area contributed by atoms with Crippen molar-refractivity contribution in [2.24, 2.45) is 5.92 Å². The van der Waals surface area contributed by atoms with Crippen LogP contribution in [0.25, 0.3) is 0 Å². The molecule has 5 nitrogen and oxygen atoms in total. The molecule has 1 aromatic rings. The third-order valence-corrected chi connectivity index (χ3v) is 5.48. The number of halogens is 6. The standard InChI is InChI=1S/C19H22F6N2O3S/c1-31(29,30)10-8-15(12-18(20,21)22)26-17(28)27-9-7-14(19(23,24)25)11-16(27)13-5-3-2-4-6-13/h2-6,8,10,14-16H,7,9,11-12H2,1H3,(H,26,28)/b10-8+/t14-,15+,16+/m0/s1. The summed E-state index contributed by atoms with van der Waals surface area (Å²) in [4.78, 5) is 13.8. The van der Waals surface area contributed by atoms with E-state index >= 15 is 0 Å². The summed E-state index contributed by atoms with van der Waals surface area (Å²) in [6, 6.07) is 4.22. The molecule has 0 aromatic heterocycles. The number of nitrogens with zero attached hydrogens (tertiary/aromatic N) is 1. The SMILES string of the molecule is CS(=O)(=O)/C=C/[C@H](CC(F)(F)F)NC(=O)N1CC[C@H](C(F)(F)F)C[C@@H]1c1ccccc1. The number of alkyl halides is 6. The summed E-state index contributed by atoms with van der Waals surface area (Å²) in [7, 11) is -3.75. The van der Waals surface area contributed by atoms with E-state index < -0.39 is 59.1 Å². The highest BCUT2D eigenvalue weighted by molar-refractivity contribution is 7.93. The third kappa shape index (κ3) is 8.08. The molecule has 1 aromatic carbocycles. The van der Waals surface area contributed by atoms with E-state index in [0.29, 0.717) is 17.0 Å². The summed E-state index contributed by atoms with van der Waals surface area (Å²) in [5.41, 5.74) is 0.422. The van der Waals surface area contributed by atoms with Gasteiger partial charge in [0.2, 0.25) is 0 Å². The van der Waals surface area contributed by atoms with Crippen LogP contribution in [0.2, 0.25) is 0 Å². The Hall–Kier alpha value is -2.24. The zero-order valence-electron chi connectivity index (χ0n) is 16.4. The lowest BCUT2D eigenvalue weighted by Gasteiger charge is -2.40. The van der Waals surface area contributed by atoms with Gasteiger partial charge < -0.3 is 10.2 Å². The summed E-state index contributed by atoms with van der Waals surface area (Å²) in [5, 5.41) is 2.65. The summed E-state index contributed by atoms with van der Waals surface area (Å²) in [5.74, 6) is -1.65. The molecule has 0 unspecified atom stereocenters. The number of carbonyl (C=O) groups excluding carboxylic acids is 1. The molecule has 0 saturated carbocycles. The van der Waals surface area contributed by atoms with Crippen LogP contribution in [0.15, 0.2) is 41.8 Å². The van der Waals surface area contributed by atoms with Crippen molar-refractivity contribution < 1.29 is 39.6 Å². The quantitative estimate of drug-likeness (QED) is 0.638. The molecule has 31 heavy (non-hydrogen) atoms. The Bertz CT molecular complexity index is 884. The maximum atomic E-state index is 13.3. The molecular weight excluding hydrogens is 450 g/mol. The fourth-order valence-corrected chi connectivity index (χ4v) is 3.87. The largest absolute Gasteiger partial charge is 0.391 e. The van der Waals surface area contributed by atoms with Crippen LogP contribution in [0.1, 0.15) is 30.9 Å². The Morgan fingerprint density at radius 1 is 1.19 bits per heavy atom. The average molecular weight is 472 g/mol. The molecule has 1 saturated heterocycles. The van der Waals surface area contributed by atoms with Crippen molar-refractivity contribution in [3.05, 3.63) is 47.4 Å². The molecule has 2 rings (SSSR count). The van der Waals surface area contributed by atoms with E-state index in [2.05, 4.69) is 5.32 Å². The van der Waals surface area contributed by atoms with E-state index in [1.54, 1.807) is 30.3 Å². The van der Waals surface area contributed by atoms with Gasteiger partial charge >= 0.3 is 18.4 Å². The number of piperidine rings is 1. The second kappa shape index (κ2) is 9.49. The van der Waals surface area contributed by atoms with Gasteiger partial charge in [0, 0.05) is 18.2 Å². The molecule has 0 bridgehead atoms. The molecule has 1 aliphatic rings. The van der Waals surface area contributed by atoms with Gasteiger partial charge in [-0.05, 0) is 18.4 Å². The number of urea groups is 1. The highest BCUT2D eigenvalue weighted by atomic mass is 32.2. The van der Waals surface area contributed by atoms with Gasteiger partial charge in [-0.25, -0.2) is 13.2 Å². The first-order chi connectivity index (χ1) is 14.2. The first-order valence-electron chi connectivity index (χ1n) is 9.29. The fourth-order valence-electron chi connectivity index (χ4n) is 3.39. The second-order valence-electron chi connectivity index (χ2n) is 7.42. The zero-order valence-corrected chi connectivity index (χ0v) is 17.3. The zero-order chi connectivity index (χ0) is 23.4. The summed E-state index contributed by atoms with van der Waals surface area (Å²) in [6.07, 6.45) is -10.0. The molecular formula is C19H22F6N2O3S. The van der Waals surface area contributed by atoms with Crippen LogP contribution in [0.3, 0.4) is 0 Å². The molecule has 1 N–H and O–H groups in total. The van der Waals surface area contributed by atoms with Crippen LogP contribution in [-0.4, -0.2) is 50.5 Å². The Morgan fingerprint density at radius 2 is 1.81 bits per heavy atom. The van der Waals surface area contributed by atoms with Crippen LogP contribution in [0, 0.1) is 5.92 Å². The number of rotatable bonds is 5. The van der Waals surface area contributed by atoms with Crippen molar-refractivity contribution >= 4 is 15.9 Å². The van der Waals surface area contributed by atoms with Crippen molar-refractivity contribution in [1.82, 2.24) is 10.2 Å². The maximum Gasteiger partial charge on any atom is 0.391 e. The van der Waals surface area contributed by atoms with Crippen LogP contribution in [0.4, 0.5) is 31.1 Å². The summed E-state index contributed by atoms with van der Waals surface area (Å²) in [6.45, 7) is -0.315. The number of amides is 2. The Labute approximate surface area is 176 Å². The van der Waals surface area contributed by atoms with Gasteiger partial charge in [0.25, 0.3) is 0 Å². The molecule has 2 amide bonds. The molecule has 12 heteroatoms. The number of sulfone groups is 1. The minimum atomic E-state index is -4.71. The molecule has 0 radical (unpaired) electrons.